The van der Waals surface area contributed by atoms with Gasteiger partial charge in [0.1, 0.15) is 23.7 Å². The van der Waals surface area contributed by atoms with E-state index in [2.05, 4.69) is 37.4 Å². The second kappa shape index (κ2) is 15.1. The molecule has 2 saturated carbocycles. The largest absolute Gasteiger partial charge is 0.465 e. The van der Waals surface area contributed by atoms with E-state index in [-0.39, 0.29) is 47.8 Å². The summed E-state index contributed by atoms with van der Waals surface area (Å²) in [7, 11) is 1.29. The van der Waals surface area contributed by atoms with Crippen LogP contribution < -0.4 is 10.6 Å². The highest BCUT2D eigenvalue weighted by Gasteiger charge is 2.57. The van der Waals surface area contributed by atoms with E-state index >= 15 is 0 Å². The number of nitrogens with one attached hydrogen (secondary N) is 4. The monoisotopic (exact) mass is 772 g/mol. The van der Waals surface area contributed by atoms with Crippen molar-refractivity contribution in [1.82, 2.24) is 40.4 Å². The van der Waals surface area contributed by atoms with E-state index in [0.29, 0.717) is 17.7 Å². The number of fused-ring (bicyclic) bond motifs is 2. The number of carbonyl (C=O) groups excluding carboxylic acids is 3. The Morgan fingerprint density at radius 1 is 0.702 bits per heavy atom. The minimum Gasteiger partial charge on any atom is -0.465 e. The summed E-state index contributed by atoms with van der Waals surface area (Å²) >= 11 is 0. The minimum atomic E-state index is -1.20. The maximum absolute atomic E-state index is 13.7. The van der Waals surface area contributed by atoms with Crippen LogP contribution >= 0.6 is 0 Å². The molecule has 2 aliphatic carbocycles. The van der Waals surface area contributed by atoms with Crippen molar-refractivity contribution in [3.63, 3.8) is 0 Å². The van der Waals surface area contributed by atoms with Gasteiger partial charge in [-0.2, -0.15) is 0 Å². The number of hydrogen-bond acceptors (Lipinski definition) is 7. The molecule has 2 saturated heterocycles. The maximum atomic E-state index is 13.7. The molecule has 0 spiro atoms. The van der Waals surface area contributed by atoms with Crippen LogP contribution in [0.2, 0.25) is 0 Å². The molecule has 57 heavy (non-hydrogen) atoms. The zero-order valence-electron chi connectivity index (χ0n) is 32.7. The third-order valence-electron chi connectivity index (χ3n) is 11.9. The van der Waals surface area contributed by atoms with Gasteiger partial charge in [-0.1, -0.05) is 63.8 Å². The van der Waals surface area contributed by atoms with Gasteiger partial charge in [0, 0.05) is 23.2 Å². The van der Waals surface area contributed by atoms with Crippen molar-refractivity contribution >= 4 is 24.0 Å². The lowest BCUT2D eigenvalue weighted by atomic mass is 10.0. The molecule has 2 aromatic carbocycles. The zero-order valence-corrected chi connectivity index (χ0v) is 32.7. The second-order valence-electron chi connectivity index (χ2n) is 16.4. The summed E-state index contributed by atoms with van der Waals surface area (Å²) in [5.74, 6) is 8.21. The second-order valence-corrected chi connectivity index (χ2v) is 16.4. The molecule has 2 aliphatic heterocycles. The smallest absolute Gasteiger partial charge is 0.407 e. The minimum absolute atomic E-state index is 0.102. The Labute approximate surface area is 331 Å². The molecule has 4 heterocycles. The van der Waals surface area contributed by atoms with Crippen molar-refractivity contribution in [3.8, 4) is 34.4 Å². The van der Waals surface area contributed by atoms with E-state index < -0.39 is 24.3 Å². The Hall–Kier alpha value is -6.10. The summed E-state index contributed by atoms with van der Waals surface area (Å²) in [6, 6.07) is 14.2. The molecule has 8 rings (SSSR count). The number of amides is 4. The SMILES string of the molecule is COC(=O)N[C@H](C(=O)N1C(c2ncc(-c3ccc(C#Cc4ccc(-c5cnc([C@@H]6C[C@H]7CC7N6C(=O)[C@@H](NC(=O)O)C(C)C)[nH]5)cc4)cc3)[nH]2)CC2CC21)C(C)C. The number of alkyl carbamates (subject to hydrolysis) is 1. The number of aromatic nitrogens is 4. The summed E-state index contributed by atoms with van der Waals surface area (Å²) in [5.41, 5.74) is 5.29. The van der Waals surface area contributed by atoms with E-state index in [9.17, 15) is 24.3 Å². The first-order chi connectivity index (χ1) is 27.4. The van der Waals surface area contributed by atoms with Crippen LogP contribution in [0.1, 0.15) is 88.2 Å². The molecule has 14 nitrogen and oxygen atoms in total. The number of rotatable bonds is 10. The molecular formula is C43H48N8O6. The molecule has 8 atom stereocenters. The average molecular weight is 773 g/mol. The molecule has 4 aliphatic rings. The molecule has 296 valence electrons. The van der Waals surface area contributed by atoms with Crippen LogP contribution in [0, 0.1) is 35.5 Å². The number of carboxylic acid groups (broad SMARTS) is 1. The van der Waals surface area contributed by atoms with Gasteiger partial charge in [0.15, 0.2) is 0 Å². The van der Waals surface area contributed by atoms with Crippen molar-refractivity contribution in [3.05, 3.63) is 83.7 Å². The van der Waals surface area contributed by atoms with E-state index in [1.54, 1.807) is 12.4 Å². The molecule has 5 N–H and O–H groups in total. The summed E-state index contributed by atoms with van der Waals surface area (Å²) in [4.78, 5) is 70.7. The van der Waals surface area contributed by atoms with Gasteiger partial charge >= 0.3 is 12.2 Å². The Balaban J connectivity index is 0.905. The molecule has 4 fully saturated rings. The lowest BCUT2D eigenvalue weighted by Crippen LogP contribution is -2.52. The third kappa shape index (κ3) is 7.58. The normalized spacial score (nSPS) is 23.9. The molecule has 2 aromatic heterocycles. The predicted octanol–water partition coefficient (Wildman–Crippen LogP) is 5.86. The van der Waals surface area contributed by atoms with Gasteiger partial charge < -0.3 is 40.2 Å². The first-order valence-electron chi connectivity index (χ1n) is 19.7. The number of H-pyrrole nitrogens is 2. The molecule has 4 aromatic rings. The number of benzene rings is 2. The van der Waals surface area contributed by atoms with Crippen molar-refractivity contribution in [2.45, 2.75) is 89.6 Å². The molecule has 0 radical (unpaired) electrons. The number of aromatic amines is 2. The van der Waals surface area contributed by atoms with Crippen molar-refractivity contribution in [1.29, 1.82) is 0 Å². The summed E-state index contributed by atoms with van der Waals surface area (Å²) in [5, 5.41) is 14.5. The molecule has 4 unspecified atom stereocenters. The number of ether oxygens (including phenoxy) is 1. The fourth-order valence-electron chi connectivity index (χ4n) is 8.62. The van der Waals surface area contributed by atoms with Crippen LogP contribution in [-0.4, -0.2) is 90.1 Å². The number of imidazole rings is 2. The summed E-state index contributed by atoms with van der Waals surface area (Å²) < 4.78 is 4.78. The van der Waals surface area contributed by atoms with E-state index in [1.807, 2.05) is 86.0 Å². The Bertz CT molecular complexity index is 2230. The van der Waals surface area contributed by atoms with Crippen LogP contribution in [0.3, 0.4) is 0 Å². The fraction of sp³-hybridized carbons (Fsp3) is 0.442. The number of methoxy groups -OCH3 is 1. The third-order valence-corrected chi connectivity index (χ3v) is 11.9. The predicted molar refractivity (Wildman–Crippen MR) is 210 cm³/mol. The topological polar surface area (TPSA) is 186 Å². The van der Waals surface area contributed by atoms with Gasteiger partial charge in [-0.25, -0.2) is 19.6 Å². The first kappa shape index (κ1) is 37.8. The number of nitrogens with zero attached hydrogens (tertiary/aromatic N) is 4. The Kier molecular flexibility index (Phi) is 10.0. The van der Waals surface area contributed by atoms with Crippen LogP contribution in [0.4, 0.5) is 9.59 Å². The summed E-state index contributed by atoms with van der Waals surface area (Å²) in [6.07, 6.45) is 5.31. The van der Waals surface area contributed by atoms with Gasteiger partial charge in [0.25, 0.3) is 0 Å². The van der Waals surface area contributed by atoms with Crippen LogP contribution in [-0.2, 0) is 14.3 Å². The van der Waals surface area contributed by atoms with Gasteiger partial charge in [0.05, 0.1) is 43.0 Å². The van der Waals surface area contributed by atoms with E-state index in [1.165, 1.54) is 7.11 Å². The van der Waals surface area contributed by atoms with Crippen molar-refractivity contribution in [2.24, 2.45) is 23.7 Å². The van der Waals surface area contributed by atoms with Crippen molar-refractivity contribution in [2.75, 3.05) is 7.11 Å². The lowest BCUT2D eigenvalue weighted by Gasteiger charge is -2.31. The zero-order chi connectivity index (χ0) is 40.1. The van der Waals surface area contributed by atoms with E-state index in [0.717, 1.165) is 65.1 Å². The number of hydrogen-bond donors (Lipinski definition) is 5. The number of carbonyl (C=O) groups is 4. The van der Waals surface area contributed by atoms with Crippen LogP contribution in [0.25, 0.3) is 22.5 Å². The fourth-order valence-corrected chi connectivity index (χ4v) is 8.62. The summed E-state index contributed by atoms with van der Waals surface area (Å²) in [6.45, 7) is 7.51. The van der Waals surface area contributed by atoms with Gasteiger partial charge in [-0.05, 0) is 84.7 Å². The first-order valence-corrected chi connectivity index (χ1v) is 19.7. The standard InChI is InChI=1S/C43H48N8O6/c1-22(2)36(48-42(54)55)40(52)50-32-16-28(32)18-34(50)38-44-20-30(46-38)26-12-8-24(9-13-26)6-7-25-10-14-27(15-11-25)31-21-45-39(47-31)35-19-29-17-33(29)51(35)41(53)37(23(3)4)49-43(56)57-5/h8-15,20-23,28-29,32-37,48H,16-19H2,1-5H3,(H,44,46)(H,45,47)(H,49,56)(H,54,55)/t28-,29?,32?,33?,34+,35?,36+,37+/m1/s1. The highest BCUT2D eigenvalue weighted by molar-refractivity contribution is 5.88. The average Bonchev–Trinajstić information content (AvgIpc) is 3.78. The molecular weight excluding hydrogens is 725 g/mol. The molecule has 14 heteroatoms. The van der Waals surface area contributed by atoms with E-state index in [4.69, 9.17) is 9.72 Å². The highest BCUT2D eigenvalue weighted by atomic mass is 16.5. The highest BCUT2D eigenvalue weighted by Crippen LogP contribution is 2.54. The molecule has 0 bridgehead atoms. The number of likely N-dealkylation sites (tertiary alicyclic amines) is 2. The van der Waals surface area contributed by atoms with Crippen LogP contribution in [0.15, 0.2) is 60.9 Å². The Morgan fingerprint density at radius 3 is 1.51 bits per heavy atom. The van der Waals surface area contributed by atoms with Gasteiger partial charge in [-0.3, -0.25) is 9.59 Å². The van der Waals surface area contributed by atoms with Gasteiger partial charge in [0.2, 0.25) is 11.8 Å². The van der Waals surface area contributed by atoms with Gasteiger partial charge in [-0.15, -0.1) is 0 Å². The quantitative estimate of drug-likeness (QED) is 0.124. The Morgan fingerprint density at radius 2 is 1.12 bits per heavy atom. The lowest BCUT2D eigenvalue weighted by molar-refractivity contribution is -0.137. The van der Waals surface area contributed by atoms with Crippen LogP contribution in [0.5, 0.6) is 0 Å². The maximum Gasteiger partial charge on any atom is 0.407 e. The number of piperidine rings is 2. The molecule has 4 amide bonds. The van der Waals surface area contributed by atoms with Crippen molar-refractivity contribution < 1.29 is 29.0 Å².